The van der Waals surface area contributed by atoms with E-state index in [2.05, 4.69) is 10.3 Å². The maximum atomic E-state index is 12.6. The van der Waals surface area contributed by atoms with Gasteiger partial charge in [-0.3, -0.25) is 4.68 Å². The van der Waals surface area contributed by atoms with Crippen molar-refractivity contribution in [3.05, 3.63) is 17.5 Å². The van der Waals surface area contributed by atoms with Crippen molar-refractivity contribution in [3.8, 4) is 0 Å². The van der Waals surface area contributed by atoms with Crippen molar-refractivity contribution in [1.82, 2.24) is 9.78 Å². The first kappa shape index (κ1) is 17.8. The first-order chi connectivity index (χ1) is 11.7. The first-order valence-corrected chi connectivity index (χ1v) is 8.36. The number of oxime groups is 1. The first-order valence-electron chi connectivity index (χ1n) is 8.36. The predicted octanol–water partition coefficient (Wildman–Crippen LogP) is 2.85. The van der Waals surface area contributed by atoms with E-state index in [1.165, 1.54) is 26.2 Å². The Morgan fingerprint density at radius 3 is 2.76 bits per heavy atom. The number of nitrogens with zero attached hydrogens (tertiary/aromatic N) is 3. The van der Waals surface area contributed by atoms with Gasteiger partial charge in [0.25, 0.3) is 0 Å². The van der Waals surface area contributed by atoms with Gasteiger partial charge in [0.05, 0.1) is 6.42 Å². The van der Waals surface area contributed by atoms with Crippen LogP contribution < -0.4 is 5.73 Å². The van der Waals surface area contributed by atoms with Crippen LogP contribution in [0.2, 0.25) is 0 Å². The van der Waals surface area contributed by atoms with Gasteiger partial charge in [-0.05, 0) is 50.0 Å². The van der Waals surface area contributed by atoms with Crippen LogP contribution in [0.15, 0.2) is 11.2 Å². The average molecular weight is 358 g/mol. The quantitative estimate of drug-likeness (QED) is 0.380. The number of aryl methyl sites for hydroxylation is 1. The monoisotopic (exact) mass is 358 g/mol. The molecule has 3 rings (SSSR count). The molecule has 1 aromatic rings. The second kappa shape index (κ2) is 6.68. The van der Waals surface area contributed by atoms with Gasteiger partial charge in [-0.2, -0.15) is 18.3 Å². The van der Waals surface area contributed by atoms with E-state index in [1.54, 1.807) is 0 Å². The molecule has 0 aliphatic heterocycles. The lowest BCUT2D eigenvalue weighted by atomic mass is 9.86. The van der Waals surface area contributed by atoms with Gasteiger partial charge in [-0.15, -0.1) is 0 Å². The molecule has 0 amide bonds. The molecule has 2 fully saturated rings. The fourth-order valence-electron chi connectivity index (χ4n) is 3.98. The number of carbonyl (C=O) groups excluding carboxylic acids is 1. The highest BCUT2D eigenvalue weighted by molar-refractivity contribution is 5.80. The summed E-state index contributed by atoms with van der Waals surface area (Å²) in [7, 11) is 0. The number of halogens is 3. The summed E-state index contributed by atoms with van der Waals surface area (Å²) in [5.74, 6) is 1.13. The Balaban J connectivity index is 1.52. The third-order valence-electron chi connectivity index (χ3n) is 5.16. The van der Waals surface area contributed by atoms with Crippen molar-refractivity contribution in [2.24, 2.45) is 28.6 Å². The van der Waals surface area contributed by atoms with Crippen molar-refractivity contribution < 1.29 is 22.8 Å². The van der Waals surface area contributed by atoms with E-state index in [9.17, 15) is 18.0 Å². The summed E-state index contributed by atoms with van der Waals surface area (Å²) >= 11 is 0. The zero-order valence-corrected chi connectivity index (χ0v) is 13.9. The van der Waals surface area contributed by atoms with Crippen LogP contribution in [0.4, 0.5) is 13.2 Å². The molecule has 0 radical (unpaired) electrons. The van der Waals surface area contributed by atoms with Gasteiger partial charge in [0.15, 0.2) is 11.5 Å². The summed E-state index contributed by atoms with van der Waals surface area (Å²) < 4.78 is 38.9. The van der Waals surface area contributed by atoms with Crippen LogP contribution in [0.3, 0.4) is 0 Å². The fraction of sp³-hybridized carbons (Fsp3) is 0.688. The highest BCUT2D eigenvalue weighted by Crippen LogP contribution is 2.49. The smallest absolute Gasteiger partial charge is 0.383 e. The Kier molecular flexibility index (Phi) is 4.75. The minimum Gasteiger partial charge on any atom is -0.383 e. The lowest BCUT2D eigenvalue weighted by Crippen LogP contribution is -2.23. The van der Waals surface area contributed by atoms with E-state index < -0.39 is 17.8 Å². The normalized spacial score (nSPS) is 26.2. The number of aromatic nitrogens is 2. The Morgan fingerprint density at radius 1 is 1.44 bits per heavy atom. The Bertz CT molecular complexity index is 683. The van der Waals surface area contributed by atoms with E-state index >= 15 is 0 Å². The van der Waals surface area contributed by atoms with Crippen molar-refractivity contribution >= 4 is 11.8 Å². The standard InChI is InChI=1S/C16H21F3N4O2/c1-9-4-13(16(17,18)19)21-23(9)8-14(20)22-25-15(24)7-12-6-10-2-3-11(12)5-10/h4,10-12H,2-3,5-8H2,1H3,(H2,20,22)/t10-,11-,12+/m1/s1. The highest BCUT2D eigenvalue weighted by atomic mass is 19.4. The maximum Gasteiger partial charge on any atom is 0.435 e. The SMILES string of the molecule is Cc1cc(C(F)(F)F)nn1C/C(N)=N\OC(=O)C[C@@H]1C[C@@H]2CC[C@@H]1C2. The van der Waals surface area contributed by atoms with Crippen LogP contribution in [0.1, 0.15) is 43.5 Å². The largest absolute Gasteiger partial charge is 0.435 e. The zero-order valence-electron chi connectivity index (χ0n) is 13.9. The van der Waals surface area contributed by atoms with Crippen LogP contribution >= 0.6 is 0 Å². The molecule has 0 aromatic carbocycles. The number of carbonyl (C=O) groups is 1. The molecular formula is C16H21F3N4O2. The summed E-state index contributed by atoms with van der Waals surface area (Å²) in [6, 6.07) is 0.925. The number of nitrogens with two attached hydrogens (primary N) is 1. The number of alkyl halides is 3. The topological polar surface area (TPSA) is 82.5 Å². The van der Waals surface area contributed by atoms with E-state index in [0.29, 0.717) is 24.0 Å². The van der Waals surface area contributed by atoms with Crippen LogP contribution in [0, 0.1) is 24.7 Å². The lowest BCUT2D eigenvalue weighted by molar-refractivity contribution is -0.145. The fourth-order valence-corrected chi connectivity index (χ4v) is 3.98. The minimum atomic E-state index is -4.52. The molecule has 1 heterocycles. The van der Waals surface area contributed by atoms with Crippen molar-refractivity contribution in [2.75, 3.05) is 0 Å². The highest BCUT2D eigenvalue weighted by Gasteiger charge is 2.40. The Labute approximate surface area is 143 Å². The Morgan fingerprint density at radius 2 is 2.20 bits per heavy atom. The molecule has 2 N–H and O–H groups in total. The predicted molar refractivity (Wildman–Crippen MR) is 83.2 cm³/mol. The molecule has 2 aliphatic carbocycles. The Hall–Kier alpha value is -2.06. The molecule has 0 saturated heterocycles. The zero-order chi connectivity index (χ0) is 18.2. The summed E-state index contributed by atoms with van der Waals surface area (Å²) in [4.78, 5) is 16.7. The second-order valence-electron chi connectivity index (χ2n) is 7.01. The van der Waals surface area contributed by atoms with Gasteiger partial charge in [-0.1, -0.05) is 11.6 Å². The van der Waals surface area contributed by atoms with Gasteiger partial charge in [0.1, 0.15) is 6.54 Å². The molecule has 2 saturated carbocycles. The van der Waals surface area contributed by atoms with E-state index in [1.807, 2.05) is 0 Å². The number of hydrogen-bond acceptors (Lipinski definition) is 4. The van der Waals surface area contributed by atoms with Gasteiger partial charge in [0.2, 0.25) is 0 Å². The molecule has 25 heavy (non-hydrogen) atoms. The van der Waals surface area contributed by atoms with Crippen LogP contribution in [0.5, 0.6) is 0 Å². The summed E-state index contributed by atoms with van der Waals surface area (Å²) in [5.41, 5.74) is 4.94. The van der Waals surface area contributed by atoms with E-state index in [4.69, 9.17) is 10.6 Å². The molecular weight excluding hydrogens is 337 g/mol. The molecule has 0 spiro atoms. The number of amidine groups is 1. The van der Waals surface area contributed by atoms with Gasteiger partial charge in [-0.25, -0.2) is 4.79 Å². The summed E-state index contributed by atoms with van der Waals surface area (Å²) in [6.07, 6.45) is 0.486. The van der Waals surface area contributed by atoms with E-state index in [0.717, 1.165) is 23.1 Å². The average Bonchev–Trinajstić information content (AvgIpc) is 3.21. The van der Waals surface area contributed by atoms with Gasteiger partial charge >= 0.3 is 12.1 Å². The molecule has 3 atom stereocenters. The molecule has 2 bridgehead atoms. The minimum absolute atomic E-state index is 0.110. The van der Waals surface area contributed by atoms with E-state index in [-0.39, 0.29) is 12.4 Å². The van der Waals surface area contributed by atoms with Crippen LogP contribution in [-0.4, -0.2) is 21.6 Å². The lowest BCUT2D eigenvalue weighted by Gasteiger charge is -2.19. The number of rotatable bonds is 5. The summed E-state index contributed by atoms with van der Waals surface area (Å²) in [5, 5.41) is 6.99. The molecule has 6 nitrogen and oxygen atoms in total. The maximum absolute atomic E-state index is 12.6. The third-order valence-corrected chi connectivity index (χ3v) is 5.16. The van der Waals surface area contributed by atoms with Crippen LogP contribution in [-0.2, 0) is 22.4 Å². The second-order valence-corrected chi connectivity index (χ2v) is 7.01. The molecule has 138 valence electrons. The number of hydrogen-bond donors (Lipinski definition) is 1. The van der Waals surface area contributed by atoms with Crippen molar-refractivity contribution in [3.63, 3.8) is 0 Å². The van der Waals surface area contributed by atoms with Gasteiger partial charge in [0, 0.05) is 5.69 Å². The molecule has 1 aromatic heterocycles. The molecule has 0 unspecified atom stereocenters. The van der Waals surface area contributed by atoms with Crippen LogP contribution in [0.25, 0.3) is 0 Å². The van der Waals surface area contributed by atoms with Gasteiger partial charge < -0.3 is 10.6 Å². The van der Waals surface area contributed by atoms with Crippen molar-refractivity contribution in [1.29, 1.82) is 0 Å². The summed E-state index contributed by atoms with van der Waals surface area (Å²) in [6.45, 7) is 1.31. The molecule has 9 heteroatoms. The molecule has 2 aliphatic rings. The van der Waals surface area contributed by atoms with Crippen molar-refractivity contribution in [2.45, 2.75) is 51.7 Å². The number of fused-ring (bicyclic) bond motifs is 2. The third kappa shape index (κ3) is 4.13.